The summed E-state index contributed by atoms with van der Waals surface area (Å²) in [5.74, 6) is 0.102. The number of anilines is 1. The Hall–Kier alpha value is -1.35. The number of benzene rings is 1. The predicted molar refractivity (Wildman–Crippen MR) is 53.6 cm³/mol. The molecule has 0 aliphatic carbocycles. The number of carbonyl (C=O) groups excluding carboxylic acids is 1. The van der Waals surface area contributed by atoms with Crippen LogP contribution in [-0.2, 0) is 11.2 Å². The lowest BCUT2D eigenvalue weighted by Crippen LogP contribution is -2.03. The standard InChI is InChI=1S/C9H9NO.CH5N/c1-6-2-3-7-5-9(11)10-8(7)4-6;1-2/h2-4H,5H2,1H3,(H,10,11);2H2,1H3. The smallest absolute Gasteiger partial charge is 0.228 e. The number of aryl methyl sites for hydroxylation is 1. The zero-order valence-corrected chi connectivity index (χ0v) is 7.92. The van der Waals surface area contributed by atoms with Crippen LogP contribution in [0.5, 0.6) is 0 Å². The van der Waals surface area contributed by atoms with Gasteiger partial charge in [0.05, 0.1) is 6.42 Å². The Morgan fingerprint density at radius 1 is 1.38 bits per heavy atom. The molecule has 0 radical (unpaired) electrons. The summed E-state index contributed by atoms with van der Waals surface area (Å²) in [4.78, 5) is 10.9. The molecule has 0 aromatic heterocycles. The highest BCUT2D eigenvalue weighted by molar-refractivity contribution is 5.99. The molecule has 1 heterocycles. The number of fused-ring (bicyclic) bond motifs is 1. The van der Waals surface area contributed by atoms with Gasteiger partial charge in [-0.1, -0.05) is 12.1 Å². The van der Waals surface area contributed by atoms with Crippen LogP contribution in [-0.4, -0.2) is 13.0 Å². The van der Waals surface area contributed by atoms with Crippen molar-refractivity contribution in [3.8, 4) is 0 Å². The van der Waals surface area contributed by atoms with E-state index in [4.69, 9.17) is 0 Å². The highest BCUT2D eigenvalue weighted by atomic mass is 16.1. The Labute approximate surface area is 77.9 Å². The van der Waals surface area contributed by atoms with E-state index in [9.17, 15) is 4.79 Å². The lowest BCUT2D eigenvalue weighted by molar-refractivity contribution is -0.115. The number of carbonyl (C=O) groups is 1. The molecule has 0 saturated carbocycles. The van der Waals surface area contributed by atoms with Crippen molar-refractivity contribution in [2.24, 2.45) is 5.73 Å². The first-order valence-corrected chi connectivity index (χ1v) is 4.23. The molecule has 1 amide bonds. The molecule has 3 N–H and O–H groups in total. The van der Waals surface area contributed by atoms with Crippen LogP contribution in [0.25, 0.3) is 0 Å². The summed E-state index contributed by atoms with van der Waals surface area (Å²) < 4.78 is 0. The molecule has 2 rings (SSSR count). The quantitative estimate of drug-likeness (QED) is 0.624. The van der Waals surface area contributed by atoms with Crippen molar-refractivity contribution >= 4 is 11.6 Å². The van der Waals surface area contributed by atoms with Gasteiger partial charge >= 0.3 is 0 Å². The van der Waals surface area contributed by atoms with Gasteiger partial charge in [-0.3, -0.25) is 4.79 Å². The Morgan fingerprint density at radius 3 is 2.77 bits per heavy atom. The van der Waals surface area contributed by atoms with Gasteiger partial charge in [0, 0.05) is 5.69 Å². The summed E-state index contributed by atoms with van der Waals surface area (Å²) in [6.45, 7) is 2.02. The van der Waals surface area contributed by atoms with Crippen molar-refractivity contribution in [1.29, 1.82) is 0 Å². The first-order valence-electron chi connectivity index (χ1n) is 4.23. The molecule has 0 unspecified atom stereocenters. The zero-order valence-electron chi connectivity index (χ0n) is 7.92. The van der Waals surface area contributed by atoms with E-state index in [1.165, 1.54) is 12.6 Å². The summed E-state index contributed by atoms with van der Waals surface area (Å²) >= 11 is 0. The van der Waals surface area contributed by atoms with Crippen molar-refractivity contribution in [3.05, 3.63) is 29.3 Å². The van der Waals surface area contributed by atoms with Crippen molar-refractivity contribution < 1.29 is 4.79 Å². The van der Waals surface area contributed by atoms with Crippen molar-refractivity contribution in [3.63, 3.8) is 0 Å². The molecule has 1 aliphatic heterocycles. The highest BCUT2D eigenvalue weighted by Crippen LogP contribution is 2.23. The average molecular weight is 178 g/mol. The fourth-order valence-corrected chi connectivity index (χ4v) is 1.33. The van der Waals surface area contributed by atoms with Gasteiger partial charge in [0.2, 0.25) is 5.91 Å². The summed E-state index contributed by atoms with van der Waals surface area (Å²) in [7, 11) is 1.50. The Bertz CT molecular complexity index is 321. The summed E-state index contributed by atoms with van der Waals surface area (Å²) in [5, 5.41) is 2.80. The zero-order chi connectivity index (χ0) is 9.84. The molecule has 0 bridgehead atoms. The first-order chi connectivity index (χ1) is 6.25. The second-order valence-electron chi connectivity index (χ2n) is 2.89. The molecule has 1 aromatic rings. The summed E-state index contributed by atoms with van der Waals surface area (Å²) in [6, 6.07) is 6.03. The second-order valence-corrected chi connectivity index (χ2v) is 2.89. The molecule has 3 nitrogen and oxygen atoms in total. The van der Waals surface area contributed by atoms with Crippen LogP contribution in [0.3, 0.4) is 0 Å². The maximum absolute atomic E-state index is 10.9. The molecular formula is C10H14N2O. The van der Waals surface area contributed by atoms with E-state index in [0.717, 1.165) is 11.3 Å². The van der Waals surface area contributed by atoms with E-state index in [2.05, 4.69) is 11.1 Å². The number of nitrogens with one attached hydrogen (secondary N) is 1. The molecule has 0 fully saturated rings. The van der Waals surface area contributed by atoms with Gasteiger partial charge in [-0.05, 0) is 31.2 Å². The minimum Gasteiger partial charge on any atom is -0.333 e. The number of hydrogen-bond acceptors (Lipinski definition) is 2. The third-order valence-corrected chi connectivity index (χ3v) is 1.89. The molecule has 0 spiro atoms. The second kappa shape index (κ2) is 4.05. The predicted octanol–water partition coefficient (Wildman–Crippen LogP) is 1.06. The van der Waals surface area contributed by atoms with Gasteiger partial charge < -0.3 is 11.1 Å². The van der Waals surface area contributed by atoms with Crippen molar-refractivity contribution in [1.82, 2.24) is 0 Å². The molecule has 1 aromatic carbocycles. The Morgan fingerprint density at radius 2 is 2.08 bits per heavy atom. The number of rotatable bonds is 0. The monoisotopic (exact) mass is 178 g/mol. The number of hydrogen-bond donors (Lipinski definition) is 2. The van der Waals surface area contributed by atoms with E-state index in [0.29, 0.717) is 6.42 Å². The van der Waals surface area contributed by atoms with Crippen molar-refractivity contribution in [2.45, 2.75) is 13.3 Å². The molecule has 13 heavy (non-hydrogen) atoms. The van der Waals surface area contributed by atoms with Crippen LogP contribution in [0.15, 0.2) is 18.2 Å². The van der Waals surface area contributed by atoms with Crippen LogP contribution in [0.2, 0.25) is 0 Å². The largest absolute Gasteiger partial charge is 0.333 e. The van der Waals surface area contributed by atoms with Crippen LogP contribution in [0, 0.1) is 6.92 Å². The van der Waals surface area contributed by atoms with Crippen LogP contribution in [0.1, 0.15) is 11.1 Å². The van der Waals surface area contributed by atoms with Gasteiger partial charge in [-0.2, -0.15) is 0 Å². The Balaban J connectivity index is 0.000000396. The van der Waals surface area contributed by atoms with Gasteiger partial charge in [-0.25, -0.2) is 0 Å². The average Bonchev–Trinajstić information content (AvgIpc) is 2.48. The van der Waals surface area contributed by atoms with Gasteiger partial charge in [-0.15, -0.1) is 0 Å². The third kappa shape index (κ3) is 2.06. The summed E-state index contributed by atoms with van der Waals surface area (Å²) in [5.41, 5.74) is 7.78. The van der Waals surface area contributed by atoms with Crippen LogP contribution < -0.4 is 11.1 Å². The number of amides is 1. The molecule has 3 heteroatoms. The SMILES string of the molecule is CN.Cc1ccc2c(c1)NC(=O)C2. The van der Waals surface area contributed by atoms with Crippen LogP contribution >= 0.6 is 0 Å². The fourth-order valence-electron chi connectivity index (χ4n) is 1.33. The normalized spacial score (nSPS) is 12.7. The third-order valence-electron chi connectivity index (χ3n) is 1.89. The van der Waals surface area contributed by atoms with E-state index < -0.39 is 0 Å². The van der Waals surface area contributed by atoms with Crippen molar-refractivity contribution in [2.75, 3.05) is 12.4 Å². The van der Waals surface area contributed by atoms with E-state index in [1.807, 2.05) is 25.1 Å². The van der Waals surface area contributed by atoms with Gasteiger partial charge in [0.1, 0.15) is 0 Å². The fraction of sp³-hybridized carbons (Fsp3) is 0.300. The molecule has 0 atom stereocenters. The minimum absolute atomic E-state index is 0.102. The number of nitrogens with two attached hydrogens (primary N) is 1. The van der Waals surface area contributed by atoms with E-state index in [-0.39, 0.29) is 5.91 Å². The maximum atomic E-state index is 10.9. The van der Waals surface area contributed by atoms with Gasteiger partial charge in [0.25, 0.3) is 0 Å². The first kappa shape index (κ1) is 9.74. The molecule has 0 saturated heterocycles. The molecule has 1 aliphatic rings. The maximum Gasteiger partial charge on any atom is 0.228 e. The topological polar surface area (TPSA) is 55.1 Å². The minimum atomic E-state index is 0.102. The lowest BCUT2D eigenvalue weighted by atomic mass is 10.1. The van der Waals surface area contributed by atoms with E-state index >= 15 is 0 Å². The van der Waals surface area contributed by atoms with Gasteiger partial charge in [0.15, 0.2) is 0 Å². The lowest BCUT2D eigenvalue weighted by Gasteiger charge is -1.97. The highest BCUT2D eigenvalue weighted by Gasteiger charge is 2.16. The Kier molecular flexibility index (Phi) is 3.03. The molecule has 70 valence electrons. The summed E-state index contributed by atoms with van der Waals surface area (Å²) in [6.07, 6.45) is 0.537. The molecular weight excluding hydrogens is 164 g/mol. The van der Waals surface area contributed by atoms with Crippen LogP contribution in [0.4, 0.5) is 5.69 Å². The van der Waals surface area contributed by atoms with E-state index in [1.54, 1.807) is 0 Å².